The second-order valence-electron chi connectivity index (χ2n) is 5.19. The Morgan fingerprint density at radius 1 is 1.47 bits per heavy atom. The van der Waals surface area contributed by atoms with E-state index in [2.05, 4.69) is 22.2 Å². The van der Waals surface area contributed by atoms with Crippen LogP contribution in [0.3, 0.4) is 0 Å². The molecular weight excluding hydrogens is 242 g/mol. The van der Waals surface area contributed by atoms with Crippen molar-refractivity contribution >= 4 is 11.8 Å². The predicted octanol–water partition coefficient (Wildman–Crippen LogP) is 2.40. The van der Waals surface area contributed by atoms with Crippen molar-refractivity contribution in [3.8, 4) is 0 Å². The molecule has 1 saturated carbocycles. The predicted molar refractivity (Wildman–Crippen MR) is 73.2 cm³/mol. The summed E-state index contributed by atoms with van der Waals surface area (Å²) >= 11 is 0. The van der Waals surface area contributed by atoms with Crippen molar-refractivity contribution in [2.75, 3.05) is 5.32 Å². The van der Waals surface area contributed by atoms with Gasteiger partial charge in [0.05, 0.1) is 5.92 Å². The third-order valence-electron chi connectivity index (χ3n) is 3.63. The van der Waals surface area contributed by atoms with Crippen LogP contribution in [0.25, 0.3) is 0 Å². The van der Waals surface area contributed by atoms with Crippen LogP contribution in [-0.4, -0.2) is 27.1 Å². The van der Waals surface area contributed by atoms with E-state index >= 15 is 0 Å². The molecule has 1 aromatic heterocycles. The van der Waals surface area contributed by atoms with Crippen LogP contribution in [0, 0.1) is 12.8 Å². The van der Waals surface area contributed by atoms with Gasteiger partial charge in [-0.25, -0.2) is 9.97 Å². The van der Waals surface area contributed by atoms with Gasteiger partial charge in [-0.15, -0.1) is 0 Å². The number of anilines is 1. The molecule has 19 heavy (non-hydrogen) atoms. The van der Waals surface area contributed by atoms with E-state index in [0.29, 0.717) is 6.42 Å². The van der Waals surface area contributed by atoms with E-state index in [4.69, 9.17) is 5.11 Å². The first-order valence-corrected chi connectivity index (χ1v) is 6.92. The first-order chi connectivity index (χ1) is 9.08. The van der Waals surface area contributed by atoms with Crippen LogP contribution in [0.4, 0.5) is 5.82 Å². The molecule has 1 fully saturated rings. The quantitative estimate of drug-likeness (QED) is 0.872. The molecule has 5 nitrogen and oxygen atoms in total. The van der Waals surface area contributed by atoms with Gasteiger partial charge in [0.15, 0.2) is 0 Å². The van der Waals surface area contributed by atoms with Crippen molar-refractivity contribution in [3.63, 3.8) is 0 Å². The van der Waals surface area contributed by atoms with Gasteiger partial charge in [-0.05, 0) is 32.6 Å². The van der Waals surface area contributed by atoms with Gasteiger partial charge in [-0.2, -0.15) is 0 Å². The summed E-state index contributed by atoms with van der Waals surface area (Å²) in [5.41, 5.74) is 1.01. The minimum absolute atomic E-state index is 0.203. The Morgan fingerprint density at radius 3 is 2.95 bits per heavy atom. The van der Waals surface area contributed by atoms with Crippen molar-refractivity contribution in [2.45, 2.75) is 52.0 Å². The Balaban J connectivity index is 2.04. The van der Waals surface area contributed by atoms with Gasteiger partial charge in [0.1, 0.15) is 11.6 Å². The summed E-state index contributed by atoms with van der Waals surface area (Å²) in [6.07, 6.45) is 4.31. The molecule has 1 aliphatic rings. The fraction of sp³-hybridized carbons (Fsp3) is 0.643. The zero-order valence-electron chi connectivity index (χ0n) is 11.5. The van der Waals surface area contributed by atoms with Crippen LogP contribution < -0.4 is 5.32 Å². The Bertz CT molecular complexity index is 462. The summed E-state index contributed by atoms with van der Waals surface area (Å²) in [6.45, 7) is 3.94. The summed E-state index contributed by atoms with van der Waals surface area (Å²) in [4.78, 5) is 19.8. The minimum Gasteiger partial charge on any atom is -0.481 e. The van der Waals surface area contributed by atoms with Crippen LogP contribution >= 0.6 is 0 Å². The standard InChI is InChI=1S/C14H21N3O2/c1-3-11-8-13(16-9(2)15-11)17-12-6-4-5-10(7-12)14(18)19/h8,10,12H,3-7H2,1-2H3,(H,18,19)(H,15,16,17). The number of carboxylic acid groups (broad SMARTS) is 1. The summed E-state index contributed by atoms with van der Waals surface area (Å²) in [5.74, 6) is 0.673. The van der Waals surface area contributed by atoms with Gasteiger partial charge >= 0.3 is 5.97 Å². The van der Waals surface area contributed by atoms with Gasteiger partial charge in [-0.3, -0.25) is 4.79 Å². The Morgan fingerprint density at radius 2 is 2.26 bits per heavy atom. The van der Waals surface area contributed by atoms with Crippen LogP contribution in [0.1, 0.15) is 44.1 Å². The highest BCUT2D eigenvalue weighted by Crippen LogP contribution is 2.26. The largest absolute Gasteiger partial charge is 0.481 e. The highest BCUT2D eigenvalue weighted by Gasteiger charge is 2.27. The summed E-state index contributed by atoms with van der Waals surface area (Å²) in [7, 11) is 0. The molecule has 1 aliphatic carbocycles. The molecule has 2 N–H and O–H groups in total. The number of carbonyl (C=O) groups is 1. The monoisotopic (exact) mass is 263 g/mol. The molecule has 2 rings (SSSR count). The molecule has 2 atom stereocenters. The molecule has 0 bridgehead atoms. The van der Waals surface area contributed by atoms with Crippen LogP contribution in [0.15, 0.2) is 6.07 Å². The highest BCUT2D eigenvalue weighted by molar-refractivity contribution is 5.70. The number of nitrogens with one attached hydrogen (secondary N) is 1. The lowest BCUT2D eigenvalue weighted by molar-refractivity contribution is -0.142. The number of rotatable bonds is 4. The van der Waals surface area contributed by atoms with Crippen molar-refractivity contribution in [3.05, 3.63) is 17.6 Å². The second kappa shape index (κ2) is 5.99. The normalized spacial score (nSPS) is 23.1. The lowest BCUT2D eigenvalue weighted by atomic mass is 9.86. The smallest absolute Gasteiger partial charge is 0.306 e. The molecule has 1 heterocycles. The summed E-state index contributed by atoms with van der Waals surface area (Å²) in [5, 5.41) is 12.5. The van der Waals surface area contributed by atoms with Gasteiger partial charge in [0.2, 0.25) is 0 Å². The Hall–Kier alpha value is -1.65. The number of aryl methyl sites for hydroxylation is 2. The van der Waals surface area contributed by atoms with Crippen molar-refractivity contribution in [1.82, 2.24) is 9.97 Å². The fourth-order valence-electron chi connectivity index (χ4n) is 2.64. The maximum atomic E-state index is 11.1. The minimum atomic E-state index is -0.681. The second-order valence-corrected chi connectivity index (χ2v) is 5.19. The van der Waals surface area contributed by atoms with Crippen molar-refractivity contribution in [1.29, 1.82) is 0 Å². The molecule has 5 heteroatoms. The zero-order chi connectivity index (χ0) is 13.8. The molecule has 0 amide bonds. The number of carboxylic acids is 1. The molecule has 0 spiro atoms. The average molecular weight is 263 g/mol. The molecule has 0 saturated heterocycles. The molecular formula is C14H21N3O2. The molecule has 0 radical (unpaired) electrons. The van der Waals surface area contributed by atoms with Crippen molar-refractivity contribution < 1.29 is 9.90 Å². The first-order valence-electron chi connectivity index (χ1n) is 6.92. The first kappa shape index (κ1) is 13.8. The lowest BCUT2D eigenvalue weighted by Gasteiger charge is -2.27. The molecule has 104 valence electrons. The average Bonchev–Trinajstić information content (AvgIpc) is 2.38. The van der Waals surface area contributed by atoms with E-state index in [-0.39, 0.29) is 12.0 Å². The van der Waals surface area contributed by atoms with Gasteiger partial charge in [0.25, 0.3) is 0 Å². The SMILES string of the molecule is CCc1cc(NC2CCCC(C(=O)O)C2)nc(C)n1. The molecule has 0 aliphatic heterocycles. The zero-order valence-corrected chi connectivity index (χ0v) is 11.5. The topological polar surface area (TPSA) is 75.1 Å². The molecule has 0 aromatic carbocycles. The van der Waals surface area contributed by atoms with Crippen LogP contribution in [0.2, 0.25) is 0 Å². The summed E-state index contributed by atoms with van der Waals surface area (Å²) in [6, 6.07) is 2.16. The van der Waals surface area contributed by atoms with E-state index in [0.717, 1.165) is 43.0 Å². The number of nitrogens with zero attached hydrogens (tertiary/aromatic N) is 2. The Kier molecular flexibility index (Phi) is 4.35. The van der Waals surface area contributed by atoms with E-state index < -0.39 is 5.97 Å². The molecule has 1 aromatic rings. The number of hydrogen-bond acceptors (Lipinski definition) is 4. The van der Waals surface area contributed by atoms with E-state index in [9.17, 15) is 4.79 Å². The van der Waals surface area contributed by atoms with Crippen LogP contribution in [-0.2, 0) is 11.2 Å². The maximum Gasteiger partial charge on any atom is 0.306 e. The summed E-state index contributed by atoms with van der Waals surface area (Å²) < 4.78 is 0. The number of aliphatic carboxylic acids is 1. The van der Waals surface area contributed by atoms with E-state index in [1.54, 1.807) is 0 Å². The third-order valence-corrected chi connectivity index (χ3v) is 3.63. The highest BCUT2D eigenvalue weighted by atomic mass is 16.4. The van der Waals surface area contributed by atoms with E-state index in [1.807, 2.05) is 13.0 Å². The number of hydrogen-bond donors (Lipinski definition) is 2. The van der Waals surface area contributed by atoms with Gasteiger partial charge in [-0.1, -0.05) is 13.3 Å². The van der Waals surface area contributed by atoms with Gasteiger partial charge < -0.3 is 10.4 Å². The van der Waals surface area contributed by atoms with Crippen molar-refractivity contribution in [2.24, 2.45) is 5.92 Å². The Labute approximate surface area is 113 Å². The fourth-order valence-corrected chi connectivity index (χ4v) is 2.64. The maximum absolute atomic E-state index is 11.1. The third kappa shape index (κ3) is 3.66. The van der Waals surface area contributed by atoms with Gasteiger partial charge in [0, 0.05) is 17.8 Å². The lowest BCUT2D eigenvalue weighted by Crippen LogP contribution is -2.31. The van der Waals surface area contributed by atoms with Crippen LogP contribution in [0.5, 0.6) is 0 Å². The molecule has 2 unspecified atom stereocenters. The number of aromatic nitrogens is 2. The van der Waals surface area contributed by atoms with E-state index in [1.165, 1.54) is 0 Å².